The van der Waals surface area contributed by atoms with Crippen LogP contribution in [0.5, 0.6) is 0 Å². The molecule has 0 saturated heterocycles. The van der Waals surface area contributed by atoms with E-state index in [2.05, 4.69) is 19.7 Å². The van der Waals surface area contributed by atoms with Gasteiger partial charge in [-0.2, -0.15) is 0 Å². The summed E-state index contributed by atoms with van der Waals surface area (Å²) in [5, 5.41) is 0. The zero-order chi connectivity index (χ0) is 8.15. The van der Waals surface area contributed by atoms with Gasteiger partial charge in [0, 0.05) is 0 Å². The van der Waals surface area contributed by atoms with Gasteiger partial charge in [0.15, 0.2) is 0 Å². The standard InChI is InChI=1S/C9H13F/c1-7(2)5-6-8(3)9(4)10/h1,3-6H2,2H3. The second-order valence-corrected chi connectivity index (χ2v) is 2.47. The van der Waals surface area contributed by atoms with Gasteiger partial charge >= 0.3 is 0 Å². The van der Waals surface area contributed by atoms with Gasteiger partial charge in [0.2, 0.25) is 0 Å². The van der Waals surface area contributed by atoms with Gasteiger partial charge in [-0.15, -0.1) is 6.58 Å². The van der Waals surface area contributed by atoms with E-state index in [0.717, 1.165) is 12.0 Å². The first-order valence-electron chi connectivity index (χ1n) is 3.21. The Kier molecular flexibility index (Phi) is 3.70. The maximum Gasteiger partial charge on any atom is 0.118 e. The largest absolute Gasteiger partial charge is 0.207 e. The normalized spacial score (nSPS) is 9.00. The molecule has 0 aliphatic heterocycles. The van der Waals surface area contributed by atoms with Crippen molar-refractivity contribution in [1.82, 2.24) is 0 Å². The van der Waals surface area contributed by atoms with E-state index in [1.165, 1.54) is 0 Å². The Hall–Kier alpha value is -0.850. The highest BCUT2D eigenvalue weighted by molar-refractivity contribution is 5.19. The van der Waals surface area contributed by atoms with Crippen molar-refractivity contribution in [1.29, 1.82) is 0 Å². The fourth-order valence-corrected chi connectivity index (χ4v) is 0.500. The molecule has 1 heteroatoms. The first kappa shape index (κ1) is 9.15. The van der Waals surface area contributed by atoms with Gasteiger partial charge in [-0.3, -0.25) is 0 Å². The third-order valence-corrected chi connectivity index (χ3v) is 1.24. The van der Waals surface area contributed by atoms with Crippen LogP contribution in [-0.2, 0) is 0 Å². The van der Waals surface area contributed by atoms with Gasteiger partial charge in [-0.1, -0.05) is 18.7 Å². The summed E-state index contributed by atoms with van der Waals surface area (Å²) in [7, 11) is 0. The molecule has 0 spiro atoms. The summed E-state index contributed by atoms with van der Waals surface area (Å²) in [5.41, 5.74) is 1.52. The van der Waals surface area contributed by atoms with Gasteiger partial charge in [0.1, 0.15) is 5.83 Å². The van der Waals surface area contributed by atoms with E-state index in [4.69, 9.17) is 0 Å². The van der Waals surface area contributed by atoms with E-state index < -0.39 is 5.83 Å². The van der Waals surface area contributed by atoms with Gasteiger partial charge < -0.3 is 0 Å². The zero-order valence-electron chi connectivity index (χ0n) is 6.41. The second kappa shape index (κ2) is 4.04. The minimum atomic E-state index is -0.416. The lowest BCUT2D eigenvalue weighted by atomic mass is 10.1. The molecular formula is C9H13F. The fourth-order valence-electron chi connectivity index (χ4n) is 0.500. The number of rotatable bonds is 4. The molecule has 0 aliphatic rings. The van der Waals surface area contributed by atoms with Crippen molar-refractivity contribution in [2.45, 2.75) is 19.8 Å². The third kappa shape index (κ3) is 4.07. The molecule has 0 atom stereocenters. The summed E-state index contributed by atoms with van der Waals surface area (Å²) in [6, 6.07) is 0. The summed E-state index contributed by atoms with van der Waals surface area (Å²) >= 11 is 0. The molecule has 10 heavy (non-hydrogen) atoms. The molecule has 0 aromatic rings. The average molecular weight is 140 g/mol. The van der Waals surface area contributed by atoms with Crippen molar-refractivity contribution in [2.75, 3.05) is 0 Å². The van der Waals surface area contributed by atoms with Crippen molar-refractivity contribution in [3.63, 3.8) is 0 Å². The number of hydrogen-bond acceptors (Lipinski definition) is 0. The molecular weight excluding hydrogens is 127 g/mol. The van der Waals surface area contributed by atoms with Crippen molar-refractivity contribution >= 4 is 0 Å². The number of allylic oxidation sites excluding steroid dienone is 3. The van der Waals surface area contributed by atoms with Crippen LogP contribution in [0.2, 0.25) is 0 Å². The van der Waals surface area contributed by atoms with E-state index in [1.807, 2.05) is 6.92 Å². The highest BCUT2D eigenvalue weighted by Gasteiger charge is 1.97. The smallest absolute Gasteiger partial charge is 0.118 e. The van der Waals surface area contributed by atoms with E-state index in [1.54, 1.807) is 0 Å². The molecule has 56 valence electrons. The molecule has 0 unspecified atom stereocenters. The molecule has 0 fully saturated rings. The van der Waals surface area contributed by atoms with Crippen LogP contribution in [0, 0.1) is 0 Å². The van der Waals surface area contributed by atoms with Gasteiger partial charge in [0.05, 0.1) is 0 Å². The zero-order valence-corrected chi connectivity index (χ0v) is 6.41. The predicted molar refractivity (Wildman–Crippen MR) is 43.4 cm³/mol. The van der Waals surface area contributed by atoms with Crippen LogP contribution in [0.1, 0.15) is 19.8 Å². The molecule has 0 aromatic carbocycles. The first-order valence-corrected chi connectivity index (χ1v) is 3.21. The topological polar surface area (TPSA) is 0 Å². The van der Waals surface area contributed by atoms with Crippen LogP contribution < -0.4 is 0 Å². The van der Waals surface area contributed by atoms with Crippen LogP contribution in [0.15, 0.2) is 36.7 Å². The van der Waals surface area contributed by atoms with E-state index in [0.29, 0.717) is 12.0 Å². The van der Waals surface area contributed by atoms with Crippen molar-refractivity contribution in [2.24, 2.45) is 0 Å². The fraction of sp³-hybridized carbons (Fsp3) is 0.333. The molecule has 0 rings (SSSR count). The Balaban J connectivity index is 3.60. The Morgan fingerprint density at radius 1 is 1.20 bits per heavy atom. The first-order chi connectivity index (χ1) is 4.54. The summed E-state index contributed by atoms with van der Waals surface area (Å²) in [6.07, 6.45) is 1.42. The molecule has 0 bridgehead atoms. The Morgan fingerprint density at radius 2 is 1.70 bits per heavy atom. The van der Waals surface area contributed by atoms with Crippen molar-refractivity contribution in [3.05, 3.63) is 36.7 Å². The SMILES string of the molecule is C=C(C)CCC(=C)C(=C)F. The second-order valence-electron chi connectivity index (χ2n) is 2.47. The number of hydrogen-bond donors (Lipinski definition) is 0. The van der Waals surface area contributed by atoms with Gasteiger partial charge in [-0.25, -0.2) is 4.39 Å². The molecule has 0 nitrogen and oxygen atoms in total. The molecule has 0 amide bonds. The maximum absolute atomic E-state index is 12.2. The lowest BCUT2D eigenvalue weighted by Gasteiger charge is -2.00. The minimum Gasteiger partial charge on any atom is -0.207 e. The summed E-state index contributed by atoms with van der Waals surface area (Å²) < 4.78 is 12.2. The number of halogens is 1. The van der Waals surface area contributed by atoms with Crippen LogP contribution in [0.25, 0.3) is 0 Å². The third-order valence-electron chi connectivity index (χ3n) is 1.24. The van der Waals surface area contributed by atoms with Crippen LogP contribution in [-0.4, -0.2) is 0 Å². The summed E-state index contributed by atoms with van der Waals surface area (Å²) in [5.74, 6) is -0.416. The Bertz CT molecular complexity index is 166. The Morgan fingerprint density at radius 3 is 2.00 bits per heavy atom. The van der Waals surface area contributed by atoms with Crippen molar-refractivity contribution in [3.8, 4) is 0 Å². The molecule has 0 saturated carbocycles. The van der Waals surface area contributed by atoms with E-state index in [-0.39, 0.29) is 0 Å². The molecule has 0 aliphatic carbocycles. The lowest BCUT2D eigenvalue weighted by Crippen LogP contribution is -1.81. The lowest BCUT2D eigenvalue weighted by molar-refractivity contribution is 0.643. The van der Waals surface area contributed by atoms with Crippen molar-refractivity contribution < 1.29 is 4.39 Å². The van der Waals surface area contributed by atoms with Gasteiger partial charge in [0.25, 0.3) is 0 Å². The molecule has 0 N–H and O–H groups in total. The quantitative estimate of drug-likeness (QED) is 0.415. The molecule has 0 radical (unpaired) electrons. The van der Waals surface area contributed by atoms with Crippen LogP contribution in [0.3, 0.4) is 0 Å². The highest BCUT2D eigenvalue weighted by Crippen LogP contribution is 2.15. The molecule has 0 aromatic heterocycles. The molecule has 0 heterocycles. The monoisotopic (exact) mass is 140 g/mol. The van der Waals surface area contributed by atoms with Crippen LogP contribution in [0.4, 0.5) is 4.39 Å². The summed E-state index contributed by atoms with van der Waals surface area (Å²) in [6.45, 7) is 12.3. The Labute approximate surface area is 61.8 Å². The minimum absolute atomic E-state index is 0.416. The predicted octanol–water partition coefficient (Wildman–Crippen LogP) is 3.38. The maximum atomic E-state index is 12.2. The summed E-state index contributed by atoms with van der Waals surface area (Å²) in [4.78, 5) is 0. The van der Waals surface area contributed by atoms with E-state index in [9.17, 15) is 4.39 Å². The van der Waals surface area contributed by atoms with Gasteiger partial charge in [-0.05, 0) is 25.3 Å². The van der Waals surface area contributed by atoms with Crippen LogP contribution >= 0.6 is 0 Å². The average Bonchev–Trinajstić information content (AvgIpc) is 1.82. The van der Waals surface area contributed by atoms with E-state index >= 15 is 0 Å². The highest BCUT2D eigenvalue weighted by atomic mass is 19.1.